The maximum atomic E-state index is 9.37. The van der Waals surface area contributed by atoms with E-state index < -0.39 is 0 Å². The highest BCUT2D eigenvalue weighted by Crippen LogP contribution is 2.24. The van der Waals surface area contributed by atoms with Crippen LogP contribution >= 0.6 is 23.7 Å². The summed E-state index contributed by atoms with van der Waals surface area (Å²) in [4.78, 5) is 3.58. The maximum absolute atomic E-state index is 9.37. The van der Waals surface area contributed by atoms with Gasteiger partial charge in [0.15, 0.2) is 0 Å². The molecule has 1 aliphatic rings. The van der Waals surface area contributed by atoms with Gasteiger partial charge < -0.3 is 9.84 Å². The number of thiophene rings is 1. The summed E-state index contributed by atoms with van der Waals surface area (Å²) in [6.07, 6.45) is 0.788. The summed E-state index contributed by atoms with van der Waals surface area (Å²) < 4.78 is 4.91. The Hall–Kier alpha value is -1.07. The minimum atomic E-state index is -0.307. The molecule has 0 fully saturated rings. The minimum Gasteiger partial charge on any atom is -0.497 e. The number of ether oxygens (including phenoxy) is 1. The molecule has 1 aromatic heterocycles. The Morgan fingerprint density at radius 2 is 1.95 bits per heavy atom. The number of para-hydroxylation sites is 1. The van der Waals surface area contributed by atoms with Gasteiger partial charge >= 0.3 is 0 Å². The molecule has 2 heterocycles. The van der Waals surface area contributed by atoms with Crippen LogP contribution in [0.1, 0.15) is 17.4 Å². The Kier molecular flexibility index (Phi) is 7.75. The fraction of sp³-hybridized carbons (Fsp3) is 0.375. The van der Waals surface area contributed by atoms with Crippen molar-refractivity contribution in [2.24, 2.45) is 0 Å². The molecule has 21 heavy (non-hydrogen) atoms. The quantitative estimate of drug-likeness (QED) is 0.915. The van der Waals surface area contributed by atoms with Gasteiger partial charge in [-0.15, -0.1) is 23.7 Å². The van der Waals surface area contributed by atoms with Crippen LogP contribution in [0.4, 0.5) is 0 Å². The number of hydrogen-bond donors (Lipinski definition) is 1. The van der Waals surface area contributed by atoms with Crippen LogP contribution in [0.3, 0.4) is 0 Å². The smallest absolute Gasteiger partial charge is 0.118 e. The molecular weight excluding hydrogens is 306 g/mol. The summed E-state index contributed by atoms with van der Waals surface area (Å²) in [7, 11) is 1.66. The van der Waals surface area contributed by atoms with Crippen molar-refractivity contribution in [3.8, 4) is 5.75 Å². The Labute approximate surface area is 136 Å². The lowest BCUT2D eigenvalue weighted by molar-refractivity contribution is 0.00963. The fourth-order valence-electron chi connectivity index (χ4n) is 2.15. The highest BCUT2D eigenvalue weighted by molar-refractivity contribution is 7.10. The molecule has 116 valence electrons. The van der Waals surface area contributed by atoms with Crippen molar-refractivity contribution in [2.45, 2.75) is 26.1 Å². The Bertz CT molecular complexity index is 516. The van der Waals surface area contributed by atoms with E-state index in [1.807, 2.05) is 48.6 Å². The second-order valence-corrected chi connectivity index (χ2v) is 5.74. The normalized spacial score (nSPS) is 15.0. The number of rotatable bonds is 2. The van der Waals surface area contributed by atoms with E-state index in [4.69, 9.17) is 4.74 Å². The van der Waals surface area contributed by atoms with E-state index in [0.717, 1.165) is 25.3 Å². The zero-order valence-corrected chi connectivity index (χ0v) is 14.0. The number of aliphatic hydroxyl groups excluding tert-OH is 1. The monoisotopic (exact) mass is 327 g/mol. The van der Waals surface area contributed by atoms with Crippen molar-refractivity contribution in [1.29, 1.82) is 0 Å². The van der Waals surface area contributed by atoms with Crippen LogP contribution in [0, 0.1) is 0 Å². The molecule has 0 radical (unpaired) electrons. The van der Waals surface area contributed by atoms with Gasteiger partial charge in [0.05, 0.1) is 7.11 Å². The zero-order valence-electron chi connectivity index (χ0n) is 12.4. The van der Waals surface area contributed by atoms with Crippen molar-refractivity contribution < 1.29 is 9.84 Å². The van der Waals surface area contributed by atoms with Crippen LogP contribution in [0.15, 0.2) is 41.8 Å². The van der Waals surface area contributed by atoms with Gasteiger partial charge in [0.2, 0.25) is 0 Å². The predicted octanol–water partition coefficient (Wildman–Crippen LogP) is 3.56. The molecule has 5 heteroatoms. The minimum absolute atomic E-state index is 0. The Morgan fingerprint density at radius 1 is 1.24 bits per heavy atom. The molecule has 0 spiro atoms. The van der Waals surface area contributed by atoms with Gasteiger partial charge in [0.1, 0.15) is 12.0 Å². The van der Waals surface area contributed by atoms with E-state index in [1.165, 1.54) is 10.4 Å². The lowest BCUT2D eigenvalue weighted by Gasteiger charge is -2.28. The molecule has 0 aliphatic carbocycles. The van der Waals surface area contributed by atoms with Crippen LogP contribution in [0.5, 0.6) is 5.75 Å². The van der Waals surface area contributed by atoms with E-state index in [-0.39, 0.29) is 18.6 Å². The average molecular weight is 328 g/mol. The zero-order chi connectivity index (χ0) is 14.4. The van der Waals surface area contributed by atoms with Gasteiger partial charge in [-0.25, -0.2) is 0 Å². The molecule has 1 N–H and O–H groups in total. The summed E-state index contributed by atoms with van der Waals surface area (Å²) in [5, 5.41) is 11.5. The Morgan fingerprint density at radius 3 is 2.52 bits per heavy atom. The van der Waals surface area contributed by atoms with E-state index in [0.29, 0.717) is 0 Å². The van der Waals surface area contributed by atoms with Crippen LogP contribution in [-0.2, 0) is 13.0 Å². The maximum Gasteiger partial charge on any atom is 0.118 e. The molecular formula is C16H22ClNO2S. The molecule has 0 amide bonds. The van der Waals surface area contributed by atoms with Crippen molar-refractivity contribution in [1.82, 2.24) is 4.90 Å². The number of fused-ring (bicyclic) bond motifs is 1. The van der Waals surface area contributed by atoms with Crippen LogP contribution in [0.25, 0.3) is 0 Å². The molecule has 3 nitrogen and oxygen atoms in total. The molecule has 2 aromatic rings. The number of benzene rings is 1. The number of nitrogens with zero attached hydrogens (tertiary/aromatic N) is 1. The van der Waals surface area contributed by atoms with E-state index in [9.17, 15) is 5.11 Å². The summed E-state index contributed by atoms with van der Waals surface area (Å²) in [5.74, 6) is 0.910. The summed E-state index contributed by atoms with van der Waals surface area (Å²) in [6, 6.07) is 11.8. The topological polar surface area (TPSA) is 32.7 Å². The number of aliphatic hydroxyl groups is 1. The molecule has 3 rings (SSSR count). The molecule has 1 unspecified atom stereocenters. The van der Waals surface area contributed by atoms with Gasteiger partial charge in [-0.2, -0.15) is 0 Å². The number of hydrogen-bond acceptors (Lipinski definition) is 4. The lowest BCUT2D eigenvalue weighted by atomic mass is 10.1. The van der Waals surface area contributed by atoms with Crippen LogP contribution in [-0.4, -0.2) is 29.9 Å². The summed E-state index contributed by atoms with van der Waals surface area (Å²) in [6.45, 7) is 3.74. The van der Waals surface area contributed by atoms with Gasteiger partial charge in [-0.3, -0.25) is 4.90 Å². The standard InChI is InChI=1S/C9H13NOS.C7H8O.ClH/c1-7(11)10-4-2-9-8(6-10)3-5-12-9;1-8-7-5-3-2-4-6-7;/h3,5,7,11H,2,4,6H2,1H3;2-6H,1H3;1H. The summed E-state index contributed by atoms with van der Waals surface area (Å²) >= 11 is 1.83. The van der Waals surface area contributed by atoms with Crippen molar-refractivity contribution >= 4 is 23.7 Å². The van der Waals surface area contributed by atoms with Gasteiger partial charge in [-0.1, -0.05) is 18.2 Å². The van der Waals surface area contributed by atoms with E-state index >= 15 is 0 Å². The highest BCUT2D eigenvalue weighted by Gasteiger charge is 2.19. The first kappa shape index (κ1) is 18.0. The SMILES string of the molecule is CC(O)N1CCc2sccc2C1.COc1ccccc1.Cl. The molecule has 0 saturated carbocycles. The second kappa shape index (κ2) is 9.05. The predicted molar refractivity (Wildman–Crippen MR) is 90.4 cm³/mol. The van der Waals surface area contributed by atoms with Gasteiger partial charge in [0.25, 0.3) is 0 Å². The number of halogens is 1. The average Bonchev–Trinajstić information content (AvgIpc) is 2.96. The third kappa shape index (κ3) is 5.32. The van der Waals surface area contributed by atoms with Gasteiger partial charge in [-0.05, 0) is 42.5 Å². The molecule has 0 saturated heterocycles. The third-order valence-corrected chi connectivity index (χ3v) is 4.37. The summed E-state index contributed by atoms with van der Waals surface area (Å²) in [5.41, 5.74) is 1.40. The number of methoxy groups -OCH3 is 1. The van der Waals surface area contributed by atoms with E-state index in [2.05, 4.69) is 16.3 Å². The first-order valence-electron chi connectivity index (χ1n) is 6.77. The first-order chi connectivity index (χ1) is 9.70. The Balaban J connectivity index is 0.000000216. The lowest BCUT2D eigenvalue weighted by Crippen LogP contribution is -2.36. The van der Waals surface area contributed by atoms with Crippen molar-refractivity contribution in [3.05, 3.63) is 52.2 Å². The van der Waals surface area contributed by atoms with Crippen molar-refractivity contribution in [2.75, 3.05) is 13.7 Å². The fourth-order valence-corrected chi connectivity index (χ4v) is 3.04. The van der Waals surface area contributed by atoms with Gasteiger partial charge in [0, 0.05) is 18.0 Å². The molecule has 0 bridgehead atoms. The second-order valence-electron chi connectivity index (χ2n) is 4.74. The van der Waals surface area contributed by atoms with Crippen molar-refractivity contribution in [3.63, 3.8) is 0 Å². The third-order valence-electron chi connectivity index (χ3n) is 3.34. The van der Waals surface area contributed by atoms with E-state index in [1.54, 1.807) is 7.11 Å². The largest absolute Gasteiger partial charge is 0.497 e. The first-order valence-corrected chi connectivity index (χ1v) is 7.65. The molecule has 1 aliphatic heterocycles. The molecule has 1 atom stereocenters. The highest BCUT2D eigenvalue weighted by atomic mass is 35.5. The van der Waals surface area contributed by atoms with Crippen LogP contribution < -0.4 is 4.74 Å². The van der Waals surface area contributed by atoms with Crippen LogP contribution in [0.2, 0.25) is 0 Å². The molecule has 1 aromatic carbocycles.